The summed E-state index contributed by atoms with van der Waals surface area (Å²) in [4.78, 5) is 34.3. The normalized spacial score (nSPS) is 10.4. The molecule has 20 heavy (non-hydrogen) atoms. The van der Waals surface area contributed by atoms with Gasteiger partial charge in [0.1, 0.15) is 13.1 Å². The number of rotatable bonds is 5. The second-order valence-corrected chi connectivity index (χ2v) is 4.12. The van der Waals surface area contributed by atoms with Gasteiger partial charge in [0.05, 0.1) is 11.7 Å². The summed E-state index contributed by atoms with van der Waals surface area (Å²) in [6, 6.07) is 4.63. The van der Waals surface area contributed by atoms with E-state index >= 15 is 0 Å². The van der Waals surface area contributed by atoms with Crippen molar-refractivity contribution in [2.24, 2.45) is 0 Å². The van der Waals surface area contributed by atoms with Crippen LogP contribution in [-0.2, 0) is 9.59 Å². The number of aromatic amines is 1. The van der Waals surface area contributed by atoms with Crippen molar-refractivity contribution in [1.82, 2.24) is 15.1 Å². The summed E-state index contributed by atoms with van der Waals surface area (Å²) < 4.78 is 0. The van der Waals surface area contributed by atoms with Crippen LogP contribution in [0.5, 0.6) is 0 Å². The van der Waals surface area contributed by atoms with E-state index in [2.05, 4.69) is 10.2 Å². The van der Waals surface area contributed by atoms with E-state index < -0.39 is 30.9 Å². The SMILES string of the molecule is O=C(O)CN(CC(=O)O)C(=O)c1ccc2[nH]ncc2c1. The molecule has 0 aliphatic rings. The molecular formula is C12H11N3O5. The molecule has 0 aliphatic carbocycles. The number of carboxylic acids is 2. The van der Waals surface area contributed by atoms with Gasteiger partial charge in [-0.15, -0.1) is 0 Å². The molecule has 0 saturated heterocycles. The number of hydrogen-bond donors (Lipinski definition) is 3. The van der Waals surface area contributed by atoms with Gasteiger partial charge in [0.15, 0.2) is 0 Å². The summed E-state index contributed by atoms with van der Waals surface area (Å²) >= 11 is 0. The maximum Gasteiger partial charge on any atom is 0.323 e. The number of aliphatic carboxylic acids is 2. The number of fused-ring (bicyclic) bond motifs is 1. The van der Waals surface area contributed by atoms with Gasteiger partial charge >= 0.3 is 11.9 Å². The lowest BCUT2D eigenvalue weighted by Gasteiger charge is -2.18. The van der Waals surface area contributed by atoms with Crippen LogP contribution in [0.4, 0.5) is 0 Å². The molecule has 8 nitrogen and oxygen atoms in total. The average Bonchev–Trinajstić information content (AvgIpc) is 2.83. The molecule has 104 valence electrons. The number of H-pyrrole nitrogens is 1. The van der Waals surface area contributed by atoms with Gasteiger partial charge < -0.3 is 15.1 Å². The van der Waals surface area contributed by atoms with Crippen molar-refractivity contribution in [1.29, 1.82) is 0 Å². The summed E-state index contributed by atoms with van der Waals surface area (Å²) in [7, 11) is 0. The van der Waals surface area contributed by atoms with E-state index in [9.17, 15) is 14.4 Å². The zero-order valence-corrected chi connectivity index (χ0v) is 10.2. The van der Waals surface area contributed by atoms with Crippen molar-refractivity contribution in [3.63, 3.8) is 0 Å². The van der Waals surface area contributed by atoms with Gasteiger partial charge in [-0.25, -0.2) is 0 Å². The van der Waals surface area contributed by atoms with Gasteiger partial charge in [-0.2, -0.15) is 5.10 Å². The Morgan fingerprint density at radius 3 is 2.40 bits per heavy atom. The third-order valence-electron chi connectivity index (χ3n) is 2.63. The standard InChI is InChI=1S/C12H11N3O5/c16-10(17)5-15(6-11(18)19)12(20)7-1-2-9-8(3-7)4-13-14-9/h1-4H,5-6H2,(H,13,14)(H,16,17)(H,18,19). The molecule has 2 aromatic rings. The highest BCUT2D eigenvalue weighted by Crippen LogP contribution is 2.14. The molecule has 0 saturated carbocycles. The molecule has 0 fully saturated rings. The molecule has 1 amide bonds. The van der Waals surface area contributed by atoms with Gasteiger partial charge in [-0.3, -0.25) is 19.5 Å². The smallest absolute Gasteiger partial charge is 0.323 e. The van der Waals surface area contributed by atoms with Crippen molar-refractivity contribution in [2.75, 3.05) is 13.1 Å². The zero-order valence-electron chi connectivity index (χ0n) is 10.2. The molecule has 0 aliphatic heterocycles. The van der Waals surface area contributed by atoms with Crippen LogP contribution < -0.4 is 0 Å². The van der Waals surface area contributed by atoms with Crippen LogP contribution in [0.15, 0.2) is 24.4 Å². The number of aromatic nitrogens is 2. The Kier molecular flexibility index (Phi) is 3.65. The zero-order chi connectivity index (χ0) is 14.7. The maximum absolute atomic E-state index is 12.2. The number of carbonyl (C=O) groups is 3. The van der Waals surface area contributed by atoms with Crippen molar-refractivity contribution < 1.29 is 24.6 Å². The highest BCUT2D eigenvalue weighted by molar-refractivity contribution is 6.00. The number of benzene rings is 1. The first kappa shape index (κ1) is 13.5. The fraction of sp³-hybridized carbons (Fsp3) is 0.167. The summed E-state index contributed by atoms with van der Waals surface area (Å²) in [5.41, 5.74) is 0.936. The first-order valence-corrected chi connectivity index (χ1v) is 5.63. The lowest BCUT2D eigenvalue weighted by molar-refractivity contribution is -0.140. The molecule has 1 aromatic carbocycles. The second kappa shape index (κ2) is 5.39. The fourth-order valence-electron chi connectivity index (χ4n) is 1.78. The largest absolute Gasteiger partial charge is 0.480 e. The Bertz CT molecular complexity index is 663. The van der Waals surface area contributed by atoms with Gasteiger partial charge in [0.25, 0.3) is 5.91 Å². The molecule has 2 rings (SSSR count). The summed E-state index contributed by atoms with van der Waals surface area (Å²) in [5, 5.41) is 24.7. The minimum atomic E-state index is -1.27. The monoisotopic (exact) mass is 277 g/mol. The van der Waals surface area contributed by atoms with E-state index in [1.54, 1.807) is 6.07 Å². The molecule has 1 aromatic heterocycles. The Balaban J connectivity index is 2.29. The number of carboxylic acid groups (broad SMARTS) is 2. The molecule has 8 heteroatoms. The Hall–Kier alpha value is -2.90. The fourth-order valence-corrected chi connectivity index (χ4v) is 1.78. The highest BCUT2D eigenvalue weighted by atomic mass is 16.4. The number of hydrogen-bond acceptors (Lipinski definition) is 4. The first-order chi connectivity index (χ1) is 9.47. The van der Waals surface area contributed by atoms with Gasteiger partial charge in [-0.1, -0.05) is 0 Å². The van der Waals surface area contributed by atoms with E-state index in [-0.39, 0.29) is 5.56 Å². The summed E-state index contributed by atoms with van der Waals surface area (Å²) in [6.07, 6.45) is 1.52. The molecule has 0 atom stereocenters. The van der Waals surface area contributed by atoms with Crippen molar-refractivity contribution in [2.45, 2.75) is 0 Å². The number of amides is 1. The minimum Gasteiger partial charge on any atom is -0.480 e. The van der Waals surface area contributed by atoms with Crippen molar-refractivity contribution >= 4 is 28.7 Å². The van der Waals surface area contributed by atoms with Gasteiger partial charge in [0, 0.05) is 10.9 Å². The summed E-state index contributed by atoms with van der Waals surface area (Å²) in [5.74, 6) is -3.20. The molecule has 0 unspecified atom stereocenters. The van der Waals surface area contributed by atoms with E-state index in [0.29, 0.717) is 5.39 Å². The maximum atomic E-state index is 12.2. The minimum absolute atomic E-state index is 0.210. The molecule has 0 radical (unpaired) electrons. The lowest BCUT2D eigenvalue weighted by Crippen LogP contribution is -2.39. The quantitative estimate of drug-likeness (QED) is 0.716. The Labute approximate surface area is 112 Å². The van der Waals surface area contributed by atoms with Crippen LogP contribution >= 0.6 is 0 Å². The third kappa shape index (κ3) is 2.91. The van der Waals surface area contributed by atoms with Crippen molar-refractivity contribution in [3.8, 4) is 0 Å². The predicted octanol–water partition coefficient (Wildman–Crippen LogP) is 0.174. The molecule has 1 heterocycles. The molecule has 3 N–H and O–H groups in total. The van der Waals surface area contributed by atoms with Crippen LogP contribution in [0, 0.1) is 0 Å². The van der Waals surface area contributed by atoms with Crippen LogP contribution in [0.2, 0.25) is 0 Å². The van der Waals surface area contributed by atoms with E-state index in [4.69, 9.17) is 10.2 Å². The Morgan fingerprint density at radius 2 is 1.80 bits per heavy atom. The predicted molar refractivity (Wildman–Crippen MR) is 67.3 cm³/mol. The topological polar surface area (TPSA) is 124 Å². The molecule has 0 spiro atoms. The number of nitrogens with zero attached hydrogens (tertiary/aromatic N) is 2. The van der Waals surface area contributed by atoms with E-state index in [1.807, 2.05) is 0 Å². The second-order valence-electron chi connectivity index (χ2n) is 4.12. The van der Waals surface area contributed by atoms with Gasteiger partial charge in [0.2, 0.25) is 0 Å². The average molecular weight is 277 g/mol. The van der Waals surface area contributed by atoms with Crippen molar-refractivity contribution in [3.05, 3.63) is 30.0 Å². The van der Waals surface area contributed by atoms with Crippen LogP contribution in [-0.4, -0.2) is 56.2 Å². The van der Waals surface area contributed by atoms with Crippen LogP contribution in [0.25, 0.3) is 10.9 Å². The number of carbonyl (C=O) groups excluding carboxylic acids is 1. The Morgan fingerprint density at radius 1 is 1.15 bits per heavy atom. The number of nitrogens with one attached hydrogen (secondary N) is 1. The van der Waals surface area contributed by atoms with Crippen LogP contribution in [0.3, 0.4) is 0 Å². The van der Waals surface area contributed by atoms with Crippen LogP contribution in [0.1, 0.15) is 10.4 Å². The molecular weight excluding hydrogens is 266 g/mol. The summed E-state index contributed by atoms with van der Waals surface area (Å²) in [6.45, 7) is -1.34. The third-order valence-corrected chi connectivity index (χ3v) is 2.63. The highest BCUT2D eigenvalue weighted by Gasteiger charge is 2.21. The molecule has 0 bridgehead atoms. The first-order valence-electron chi connectivity index (χ1n) is 5.63. The van der Waals surface area contributed by atoms with E-state index in [1.165, 1.54) is 18.3 Å². The van der Waals surface area contributed by atoms with Gasteiger partial charge in [-0.05, 0) is 18.2 Å². The lowest BCUT2D eigenvalue weighted by atomic mass is 10.1. The van der Waals surface area contributed by atoms with E-state index in [0.717, 1.165) is 10.4 Å².